The summed E-state index contributed by atoms with van der Waals surface area (Å²) in [5.41, 5.74) is 0.383. The van der Waals surface area contributed by atoms with Crippen molar-refractivity contribution in [2.75, 3.05) is 13.7 Å². The number of methoxy groups -OCH3 is 1. The second kappa shape index (κ2) is 8.15. The first-order valence-corrected chi connectivity index (χ1v) is 8.71. The highest BCUT2D eigenvalue weighted by Gasteiger charge is 2.21. The van der Waals surface area contributed by atoms with E-state index in [1.807, 2.05) is 6.07 Å². The van der Waals surface area contributed by atoms with Crippen LogP contribution in [0.5, 0.6) is 11.5 Å². The number of benzene rings is 2. The normalized spacial score (nSPS) is 11.3. The average Bonchev–Trinajstić information content (AvgIpc) is 2.64. The number of sulfone groups is 1. The minimum absolute atomic E-state index is 0.173. The van der Waals surface area contributed by atoms with Crippen molar-refractivity contribution < 1.29 is 22.3 Å². The molecular formula is C18H13FN2O4S. The summed E-state index contributed by atoms with van der Waals surface area (Å²) in [6, 6.07) is 12.2. The Labute approximate surface area is 150 Å². The number of allylic oxidation sites excluding steroid dienone is 1. The van der Waals surface area contributed by atoms with Crippen LogP contribution in [0.25, 0.3) is 6.08 Å². The zero-order valence-electron chi connectivity index (χ0n) is 13.6. The predicted molar refractivity (Wildman–Crippen MR) is 91.3 cm³/mol. The Bertz CT molecular complexity index is 1020. The summed E-state index contributed by atoms with van der Waals surface area (Å²) in [4.78, 5) is -0.690. The summed E-state index contributed by atoms with van der Waals surface area (Å²) in [5.74, 6) is 0.0145. The molecule has 0 heterocycles. The van der Waals surface area contributed by atoms with Crippen LogP contribution in [0.3, 0.4) is 0 Å². The van der Waals surface area contributed by atoms with Crippen LogP contribution >= 0.6 is 0 Å². The Balaban J connectivity index is 2.44. The lowest BCUT2D eigenvalue weighted by Crippen LogP contribution is -2.03. The largest absolute Gasteiger partial charge is 0.493 e. The molecule has 0 aromatic heterocycles. The van der Waals surface area contributed by atoms with Crippen molar-refractivity contribution in [2.24, 2.45) is 0 Å². The number of hydrogen-bond donors (Lipinski definition) is 0. The van der Waals surface area contributed by atoms with Crippen molar-refractivity contribution in [3.05, 3.63) is 58.8 Å². The Morgan fingerprint density at radius 3 is 2.42 bits per heavy atom. The predicted octanol–water partition coefficient (Wildman–Crippen LogP) is 3.08. The fourth-order valence-corrected chi connectivity index (χ4v) is 3.22. The molecule has 26 heavy (non-hydrogen) atoms. The van der Waals surface area contributed by atoms with Gasteiger partial charge in [-0.25, -0.2) is 12.8 Å². The van der Waals surface area contributed by atoms with E-state index in [-0.39, 0.29) is 17.3 Å². The molecule has 0 saturated carbocycles. The molecule has 132 valence electrons. The second-order valence-electron chi connectivity index (χ2n) is 4.93. The zero-order chi connectivity index (χ0) is 19.2. The molecule has 0 amide bonds. The van der Waals surface area contributed by atoms with E-state index < -0.39 is 20.6 Å². The minimum atomic E-state index is -4.09. The summed E-state index contributed by atoms with van der Waals surface area (Å²) in [7, 11) is -2.70. The van der Waals surface area contributed by atoms with Crippen LogP contribution in [0.15, 0.2) is 52.3 Å². The van der Waals surface area contributed by atoms with Gasteiger partial charge >= 0.3 is 0 Å². The Kier molecular flexibility index (Phi) is 5.94. The summed E-state index contributed by atoms with van der Waals surface area (Å²) in [5, 5.41) is 17.8. The van der Waals surface area contributed by atoms with E-state index in [9.17, 15) is 18.1 Å². The third kappa shape index (κ3) is 4.18. The maximum absolute atomic E-state index is 13.0. The van der Waals surface area contributed by atoms with E-state index in [0.717, 1.165) is 24.3 Å². The zero-order valence-corrected chi connectivity index (χ0v) is 14.5. The van der Waals surface area contributed by atoms with Crippen LogP contribution in [0, 0.1) is 28.5 Å². The quantitative estimate of drug-likeness (QED) is 0.571. The van der Waals surface area contributed by atoms with E-state index in [2.05, 4.69) is 0 Å². The fourth-order valence-electron chi connectivity index (χ4n) is 2.07. The van der Waals surface area contributed by atoms with E-state index in [0.29, 0.717) is 11.3 Å². The highest BCUT2D eigenvalue weighted by molar-refractivity contribution is 7.95. The first-order valence-electron chi connectivity index (χ1n) is 7.22. The molecule has 6 nitrogen and oxygen atoms in total. The first kappa shape index (κ1) is 19.0. The number of ether oxygens (including phenoxy) is 2. The molecule has 0 saturated heterocycles. The van der Waals surface area contributed by atoms with Crippen molar-refractivity contribution in [3.8, 4) is 23.6 Å². The second-order valence-corrected chi connectivity index (χ2v) is 6.85. The molecule has 0 N–H and O–H groups in total. The Morgan fingerprint density at radius 2 is 1.85 bits per heavy atom. The topological polar surface area (TPSA) is 100 Å². The summed E-state index contributed by atoms with van der Waals surface area (Å²) >= 11 is 0. The van der Waals surface area contributed by atoms with Crippen LogP contribution in [0.2, 0.25) is 0 Å². The maximum atomic E-state index is 13.0. The van der Waals surface area contributed by atoms with Gasteiger partial charge in [-0.05, 0) is 48.0 Å². The molecule has 2 aromatic carbocycles. The lowest BCUT2D eigenvalue weighted by Gasteiger charge is -2.09. The fraction of sp³-hybridized carbons (Fsp3) is 0.111. The van der Waals surface area contributed by atoms with Gasteiger partial charge in [-0.15, -0.1) is 0 Å². The van der Waals surface area contributed by atoms with Gasteiger partial charge in [0.15, 0.2) is 18.1 Å². The van der Waals surface area contributed by atoms with Gasteiger partial charge in [0.05, 0.1) is 12.0 Å². The van der Waals surface area contributed by atoms with Crippen molar-refractivity contribution in [1.82, 2.24) is 0 Å². The molecular weight excluding hydrogens is 359 g/mol. The van der Waals surface area contributed by atoms with Crippen LogP contribution in [-0.4, -0.2) is 22.1 Å². The van der Waals surface area contributed by atoms with E-state index in [1.165, 1.54) is 31.4 Å². The molecule has 2 aromatic rings. The van der Waals surface area contributed by atoms with Crippen LogP contribution < -0.4 is 9.47 Å². The van der Waals surface area contributed by atoms with Crippen molar-refractivity contribution in [3.63, 3.8) is 0 Å². The van der Waals surface area contributed by atoms with Gasteiger partial charge in [0.1, 0.15) is 22.9 Å². The summed E-state index contributed by atoms with van der Waals surface area (Å²) in [6.45, 7) is -0.173. The molecule has 0 bridgehead atoms. The van der Waals surface area contributed by atoms with E-state index in [1.54, 1.807) is 6.07 Å². The Hall–Kier alpha value is -3.36. The van der Waals surface area contributed by atoms with Gasteiger partial charge in [-0.1, -0.05) is 6.07 Å². The van der Waals surface area contributed by atoms with Gasteiger partial charge in [-0.3, -0.25) is 0 Å². The third-order valence-electron chi connectivity index (χ3n) is 3.30. The highest BCUT2D eigenvalue weighted by Crippen LogP contribution is 2.30. The maximum Gasteiger partial charge on any atom is 0.216 e. The van der Waals surface area contributed by atoms with Gasteiger partial charge in [0, 0.05) is 0 Å². The smallest absolute Gasteiger partial charge is 0.216 e. The average molecular weight is 372 g/mol. The van der Waals surface area contributed by atoms with Crippen molar-refractivity contribution in [1.29, 1.82) is 10.5 Å². The first-order chi connectivity index (χ1) is 12.4. The van der Waals surface area contributed by atoms with E-state index >= 15 is 0 Å². The number of halogens is 1. The SMILES string of the molecule is COc1cc(/C=C(\C#N)S(=O)(=O)c2ccc(F)cc2)ccc1OCC#N. The lowest BCUT2D eigenvalue weighted by atomic mass is 10.2. The molecule has 2 rings (SSSR count). The van der Waals surface area contributed by atoms with E-state index in [4.69, 9.17) is 14.7 Å². The van der Waals surface area contributed by atoms with Crippen LogP contribution in [-0.2, 0) is 9.84 Å². The number of nitriles is 2. The standard InChI is InChI=1S/C18H13FN2O4S/c1-24-18-11-13(2-7-17(18)25-9-8-20)10-16(12-21)26(22,23)15-5-3-14(19)4-6-15/h2-7,10-11H,9H2,1H3/b16-10+. The summed E-state index contributed by atoms with van der Waals surface area (Å²) in [6.07, 6.45) is 1.18. The monoisotopic (exact) mass is 372 g/mol. The molecule has 0 aliphatic rings. The summed E-state index contributed by atoms with van der Waals surface area (Å²) < 4.78 is 48.4. The molecule has 0 aliphatic carbocycles. The number of rotatable bonds is 6. The van der Waals surface area contributed by atoms with Crippen molar-refractivity contribution in [2.45, 2.75) is 4.90 Å². The van der Waals surface area contributed by atoms with Gasteiger partial charge in [0.25, 0.3) is 0 Å². The van der Waals surface area contributed by atoms with Gasteiger partial charge in [0.2, 0.25) is 9.84 Å². The number of hydrogen-bond acceptors (Lipinski definition) is 6. The molecule has 0 radical (unpaired) electrons. The van der Waals surface area contributed by atoms with Crippen LogP contribution in [0.4, 0.5) is 4.39 Å². The number of nitrogens with zero attached hydrogens (tertiary/aromatic N) is 2. The molecule has 0 fully saturated rings. The molecule has 0 spiro atoms. The van der Waals surface area contributed by atoms with Gasteiger partial charge in [-0.2, -0.15) is 10.5 Å². The van der Waals surface area contributed by atoms with Gasteiger partial charge < -0.3 is 9.47 Å². The molecule has 0 aliphatic heterocycles. The highest BCUT2D eigenvalue weighted by atomic mass is 32.2. The minimum Gasteiger partial charge on any atom is -0.493 e. The third-order valence-corrected chi connectivity index (χ3v) is 4.98. The molecule has 0 unspecified atom stereocenters. The Morgan fingerprint density at radius 1 is 1.15 bits per heavy atom. The van der Waals surface area contributed by atoms with Crippen LogP contribution in [0.1, 0.15) is 5.56 Å². The lowest BCUT2D eigenvalue weighted by molar-refractivity contribution is 0.329. The molecule has 8 heteroatoms. The molecule has 0 atom stereocenters. The van der Waals surface area contributed by atoms with Crippen molar-refractivity contribution >= 4 is 15.9 Å².